The van der Waals surface area contributed by atoms with Crippen LogP contribution in [0.2, 0.25) is 0 Å². The van der Waals surface area contributed by atoms with Crippen LogP contribution in [0, 0.1) is 0 Å². The van der Waals surface area contributed by atoms with Crippen molar-refractivity contribution in [3.8, 4) is 34.5 Å². The van der Waals surface area contributed by atoms with Crippen molar-refractivity contribution in [2.24, 2.45) is 13.5 Å². The van der Waals surface area contributed by atoms with Crippen molar-refractivity contribution >= 4 is 58.8 Å². The Balaban J connectivity index is 1.53. The van der Waals surface area contributed by atoms with E-state index in [0.29, 0.717) is 38.5 Å². The molecule has 0 bridgehead atoms. The third-order valence-corrected chi connectivity index (χ3v) is 21.1. The van der Waals surface area contributed by atoms with Gasteiger partial charge in [0.05, 0.1) is 73.0 Å². The van der Waals surface area contributed by atoms with Crippen molar-refractivity contribution in [2.75, 3.05) is 39.6 Å². The lowest BCUT2D eigenvalue weighted by molar-refractivity contribution is 0.0490. The highest BCUT2D eigenvalue weighted by Gasteiger charge is 2.49. The molecular weight excluding hydrogens is 1220 g/mol. The topological polar surface area (TPSA) is 250 Å². The van der Waals surface area contributed by atoms with Gasteiger partial charge in [-0.25, -0.2) is 28.8 Å². The van der Waals surface area contributed by atoms with E-state index in [0.717, 1.165) is 38.5 Å². The molecule has 21 nitrogen and oxygen atoms in total. The second kappa shape index (κ2) is 35.1. The number of esters is 6. The molecule has 6 aromatic rings. The molecular formula is C66H78N3O18P3. The van der Waals surface area contributed by atoms with Crippen molar-refractivity contribution in [3.05, 3.63) is 179 Å². The molecule has 0 aromatic heterocycles. The van der Waals surface area contributed by atoms with Crippen LogP contribution < -0.4 is 27.1 Å². The number of carbonyl (C=O) groups is 6. The van der Waals surface area contributed by atoms with Gasteiger partial charge >= 0.3 is 58.8 Å². The summed E-state index contributed by atoms with van der Waals surface area (Å²) in [5.41, 5.74) is 1.21. The van der Waals surface area contributed by atoms with Crippen molar-refractivity contribution in [1.82, 2.24) is 0 Å². The van der Waals surface area contributed by atoms with Crippen LogP contribution in [0.4, 0.5) is 0 Å². The molecule has 0 unspecified atom stereocenters. The van der Waals surface area contributed by atoms with Gasteiger partial charge in [0.1, 0.15) is 34.5 Å². The first-order chi connectivity index (χ1) is 43.6. The fourth-order valence-corrected chi connectivity index (χ4v) is 16.9. The molecule has 480 valence electrons. The van der Waals surface area contributed by atoms with Gasteiger partial charge in [-0.2, -0.15) is 0 Å². The van der Waals surface area contributed by atoms with E-state index in [1.807, 2.05) is 41.5 Å². The Morgan fingerprint density at radius 3 is 0.500 bits per heavy atom. The molecule has 0 fully saturated rings. The second-order valence-electron chi connectivity index (χ2n) is 20.4. The van der Waals surface area contributed by atoms with E-state index in [-0.39, 0.29) is 108 Å². The lowest BCUT2D eigenvalue weighted by atomic mass is 10.2. The van der Waals surface area contributed by atoms with Gasteiger partial charge < -0.3 is 55.6 Å². The number of hydrogen-bond donors (Lipinski definition) is 0. The van der Waals surface area contributed by atoms with Crippen LogP contribution in [0.1, 0.15) is 181 Å². The minimum absolute atomic E-state index is 0.0453. The van der Waals surface area contributed by atoms with Crippen molar-refractivity contribution in [1.29, 1.82) is 0 Å². The van der Waals surface area contributed by atoms with Gasteiger partial charge in [-0.15, -0.1) is 0 Å². The van der Waals surface area contributed by atoms with Crippen LogP contribution in [0.15, 0.2) is 159 Å². The van der Waals surface area contributed by atoms with Gasteiger partial charge in [-0.3, -0.25) is 0 Å². The van der Waals surface area contributed by atoms with E-state index < -0.39 is 58.8 Å². The summed E-state index contributed by atoms with van der Waals surface area (Å²) in [4.78, 5) is 79.7. The molecule has 0 N–H and O–H groups in total. The SMILES string of the molecule is CCCCOC(=O)c1ccc(OP2(Oc3ccc(C(=O)OCCCC)cc3)=NP(Oc3ccc(C(=O)OCCCC)cc3)(Oc3ccc(C(=O)OCCCC)cc3)=NP(Oc3ccc(C(=O)OCCCC)cc3)(Oc3ccc(C(=O)OCCCC)cc3)=N2)cc1. The largest absolute Gasteiger partial charge is 0.462 e. The third-order valence-electron chi connectivity index (χ3n) is 13.0. The summed E-state index contributed by atoms with van der Waals surface area (Å²) < 4.78 is 91.0. The Morgan fingerprint density at radius 2 is 0.378 bits per heavy atom. The summed E-state index contributed by atoms with van der Waals surface area (Å²) in [5, 5.41) is 0. The highest BCUT2D eigenvalue weighted by atomic mass is 31.3. The Hall–Kier alpha value is -8.37. The van der Waals surface area contributed by atoms with Gasteiger partial charge in [0, 0.05) is 0 Å². The third kappa shape index (κ3) is 20.9. The van der Waals surface area contributed by atoms with E-state index in [9.17, 15) is 28.8 Å². The predicted molar refractivity (Wildman–Crippen MR) is 342 cm³/mol. The maximum absolute atomic E-state index is 13.3. The first kappa shape index (κ1) is 69.1. The van der Waals surface area contributed by atoms with E-state index in [1.165, 1.54) is 146 Å². The molecule has 0 spiro atoms. The summed E-state index contributed by atoms with van der Waals surface area (Å²) in [6.07, 6.45) is 8.81. The second-order valence-corrected chi connectivity index (χ2v) is 26.6. The molecule has 0 aliphatic carbocycles. The Morgan fingerprint density at radius 1 is 0.244 bits per heavy atom. The number of ether oxygens (including phenoxy) is 6. The summed E-state index contributed by atoms with van der Waals surface area (Å²) in [5.74, 6) is -3.18. The molecule has 0 amide bonds. The number of rotatable bonds is 36. The lowest BCUT2D eigenvalue weighted by Gasteiger charge is -2.33. The molecule has 24 heteroatoms. The maximum Gasteiger partial charge on any atom is 0.460 e. The lowest BCUT2D eigenvalue weighted by Crippen LogP contribution is -2.12. The fraction of sp³-hybridized carbons (Fsp3) is 0.364. The minimum atomic E-state index is -4.68. The zero-order valence-corrected chi connectivity index (χ0v) is 54.3. The molecule has 7 rings (SSSR count). The number of hydrogen-bond acceptors (Lipinski definition) is 21. The normalized spacial score (nSPS) is 13.3. The van der Waals surface area contributed by atoms with Crippen LogP contribution in [0.25, 0.3) is 0 Å². The monoisotopic (exact) mass is 1290 g/mol. The van der Waals surface area contributed by atoms with Crippen LogP contribution in [0.5, 0.6) is 34.5 Å². The Bertz CT molecular complexity index is 2910. The number of carbonyl (C=O) groups excluding carboxylic acids is 6. The van der Waals surface area contributed by atoms with Gasteiger partial charge in [0.15, 0.2) is 0 Å². The van der Waals surface area contributed by atoms with Crippen LogP contribution in [-0.2, 0) is 28.4 Å². The summed E-state index contributed by atoms with van der Waals surface area (Å²) in [6.45, 7) is 13.1. The standard InChI is InChI=1S/C66H78N3O18P3/c1-7-13-43-76-61(70)49-19-31-55(32-20-49)82-88(83-56-33-21-50(22-34-56)62(71)77-44-14-8-2)67-89(84-57-35-23-51(24-36-57)63(72)78-45-15-9-3,85-58-37-25-52(26-38-58)64(73)79-46-16-10-4)69-90(68-88,86-59-39-27-53(28-40-59)65(74)80-47-17-11-5)87-60-41-29-54(30-42-60)66(75)81-48-18-12-6/h19-42H,7-18,43-48H2,1-6H3. The zero-order valence-electron chi connectivity index (χ0n) is 51.6. The smallest absolute Gasteiger partial charge is 0.460 e. The fourth-order valence-electron chi connectivity index (χ4n) is 7.85. The average Bonchev–Trinajstić information content (AvgIpc) is 0.887. The van der Waals surface area contributed by atoms with Gasteiger partial charge in [0.25, 0.3) is 0 Å². The number of nitrogens with zero attached hydrogens (tertiary/aromatic N) is 3. The van der Waals surface area contributed by atoms with Crippen molar-refractivity contribution in [2.45, 2.75) is 119 Å². The molecule has 0 atom stereocenters. The van der Waals surface area contributed by atoms with Gasteiger partial charge in [-0.1, -0.05) is 93.6 Å². The molecule has 1 heterocycles. The molecule has 6 aromatic carbocycles. The first-order valence-corrected chi connectivity index (χ1v) is 35.0. The van der Waals surface area contributed by atoms with Crippen LogP contribution in [0.3, 0.4) is 0 Å². The molecule has 90 heavy (non-hydrogen) atoms. The zero-order chi connectivity index (χ0) is 64.2. The average molecular weight is 1290 g/mol. The maximum atomic E-state index is 13.3. The first-order valence-electron chi connectivity index (χ1n) is 30.4. The quantitative estimate of drug-likeness (QED) is 0.0153. The highest BCUT2D eigenvalue weighted by Crippen LogP contribution is 2.78. The van der Waals surface area contributed by atoms with Crippen LogP contribution >= 0.6 is 23.0 Å². The molecule has 0 saturated carbocycles. The Labute approximate surface area is 526 Å². The summed E-state index contributed by atoms with van der Waals surface area (Å²) in [6, 6.07) is 35.8. The van der Waals surface area contributed by atoms with E-state index >= 15 is 0 Å². The number of unbranched alkanes of at least 4 members (excludes halogenated alkanes) is 6. The van der Waals surface area contributed by atoms with E-state index in [1.54, 1.807) is 0 Å². The van der Waals surface area contributed by atoms with Gasteiger partial charge in [-0.05, 0) is 184 Å². The van der Waals surface area contributed by atoms with E-state index in [2.05, 4.69) is 0 Å². The number of benzene rings is 6. The summed E-state index contributed by atoms with van der Waals surface area (Å²) in [7, 11) is -14.1. The highest BCUT2D eigenvalue weighted by molar-refractivity contribution is 7.79. The summed E-state index contributed by atoms with van der Waals surface area (Å²) >= 11 is 0. The van der Waals surface area contributed by atoms with Crippen molar-refractivity contribution < 1.29 is 84.3 Å². The molecule has 0 saturated heterocycles. The predicted octanol–water partition coefficient (Wildman–Crippen LogP) is 18.1. The molecule has 1 aliphatic rings. The van der Waals surface area contributed by atoms with Crippen LogP contribution in [-0.4, -0.2) is 75.5 Å². The molecule has 0 radical (unpaired) electrons. The molecule has 1 aliphatic heterocycles. The minimum Gasteiger partial charge on any atom is -0.462 e. The Kier molecular flexibility index (Phi) is 27.0. The van der Waals surface area contributed by atoms with Crippen molar-refractivity contribution in [3.63, 3.8) is 0 Å². The van der Waals surface area contributed by atoms with E-state index in [4.69, 9.17) is 69.1 Å². The van der Waals surface area contributed by atoms with Gasteiger partial charge in [0.2, 0.25) is 0 Å².